The van der Waals surface area contributed by atoms with Crippen LogP contribution in [0.2, 0.25) is 0 Å². The first-order valence-electron chi connectivity index (χ1n) is 7.46. The van der Waals surface area contributed by atoms with Crippen LogP contribution in [0.15, 0.2) is 12.7 Å². The molecule has 1 fully saturated rings. The van der Waals surface area contributed by atoms with Gasteiger partial charge in [-0.25, -0.2) is 0 Å². The third kappa shape index (κ3) is 7.88. The van der Waals surface area contributed by atoms with E-state index < -0.39 is 0 Å². The number of hydrogen-bond donors (Lipinski definition) is 2. The van der Waals surface area contributed by atoms with E-state index in [1.165, 1.54) is 32.1 Å². The Labute approximate surface area is 128 Å². The number of nitrogens with two attached hydrogens (primary N) is 1. The van der Waals surface area contributed by atoms with E-state index in [-0.39, 0.29) is 24.4 Å². The number of carbonyl (C=O) groups excluding carboxylic acids is 1. The zero-order valence-electron chi connectivity index (χ0n) is 12.3. The highest BCUT2D eigenvalue weighted by atomic mass is 35.5. The van der Waals surface area contributed by atoms with Crippen molar-refractivity contribution in [2.45, 2.75) is 51.0 Å². The first-order valence-corrected chi connectivity index (χ1v) is 7.46. The Balaban J connectivity index is 0.00000361. The van der Waals surface area contributed by atoms with Gasteiger partial charge in [0, 0.05) is 25.6 Å². The van der Waals surface area contributed by atoms with Crippen molar-refractivity contribution >= 4 is 18.3 Å². The van der Waals surface area contributed by atoms with Gasteiger partial charge in [0.25, 0.3) is 0 Å². The maximum absolute atomic E-state index is 11.8. The summed E-state index contributed by atoms with van der Waals surface area (Å²) in [6, 6.07) is 0.155. The van der Waals surface area contributed by atoms with Crippen LogP contribution in [0.1, 0.15) is 44.9 Å². The number of rotatable bonds is 9. The molecule has 1 rings (SSSR count). The van der Waals surface area contributed by atoms with Gasteiger partial charge in [0.2, 0.25) is 5.91 Å². The molecular weight excluding hydrogens is 276 g/mol. The van der Waals surface area contributed by atoms with Crippen molar-refractivity contribution in [2.24, 2.45) is 11.7 Å². The molecule has 4 nitrogen and oxygen atoms in total. The standard InChI is InChI=1S/C15H28N2O2.ClH/c1-2-10-19-11-6-9-15(18)17-14(12-16)13-7-4-3-5-8-13;/h2,13-14H,1,3-12,16H2,(H,17,18);1H. The number of ether oxygens (including phenoxy) is 1. The van der Waals surface area contributed by atoms with Gasteiger partial charge in [-0.1, -0.05) is 25.3 Å². The van der Waals surface area contributed by atoms with Crippen molar-refractivity contribution in [3.63, 3.8) is 0 Å². The molecule has 0 aromatic rings. The second-order valence-corrected chi connectivity index (χ2v) is 5.27. The minimum absolute atomic E-state index is 0. The van der Waals surface area contributed by atoms with E-state index in [1.807, 2.05) is 0 Å². The van der Waals surface area contributed by atoms with E-state index in [0.29, 0.717) is 32.1 Å². The smallest absolute Gasteiger partial charge is 0.220 e. The van der Waals surface area contributed by atoms with Gasteiger partial charge in [0.05, 0.1) is 6.61 Å². The average Bonchev–Trinajstić information content (AvgIpc) is 2.45. The minimum Gasteiger partial charge on any atom is -0.377 e. The molecule has 118 valence electrons. The lowest BCUT2D eigenvalue weighted by Gasteiger charge is -2.30. The van der Waals surface area contributed by atoms with Crippen LogP contribution < -0.4 is 11.1 Å². The third-order valence-electron chi connectivity index (χ3n) is 3.75. The summed E-state index contributed by atoms with van der Waals surface area (Å²) in [4.78, 5) is 11.8. The Morgan fingerprint density at radius 2 is 2.10 bits per heavy atom. The second-order valence-electron chi connectivity index (χ2n) is 5.27. The quantitative estimate of drug-likeness (QED) is 0.508. The molecule has 0 spiro atoms. The molecule has 0 aliphatic heterocycles. The largest absolute Gasteiger partial charge is 0.377 e. The van der Waals surface area contributed by atoms with Gasteiger partial charge in [-0.15, -0.1) is 19.0 Å². The van der Waals surface area contributed by atoms with Crippen molar-refractivity contribution in [2.75, 3.05) is 19.8 Å². The first-order chi connectivity index (χ1) is 9.27. The van der Waals surface area contributed by atoms with Gasteiger partial charge in [-0.2, -0.15) is 0 Å². The highest BCUT2D eigenvalue weighted by Gasteiger charge is 2.23. The summed E-state index contributed by atoms with van der Waals surface area (Å²) in [5.74, 6) is 0.669. The molecule has 3 N–H and O–H groups in total. The summed E-state index contributed by atoms with van der Waals surface area (Å²) in [7, 11) is 0. The van der Waals surface area contributed by atoms with Gasteiger partial charge in [-0.3, -0.25) is 4.79 Å². The average molecular weight is 305 g/mol. The van der Waals surface area contributed by atoms with E-state index in [0.717, 1.165) is 6.42 Å². The van der Waals surface area contributed by atoms with Crippen LogP contribution in [-0.2, 0) is 9.53 Å². The van der Waals surface area contributed by atoms with E-state index in [1.54, 1.807) is 6.08 Å². The highest BCUT2D eigenvalue weighted by molar-refractivity contribution is 5.85. The number of halogens is 1. The first kappa shape index (κ1) is 19.4. The van der Waals surface area contributed by atoms with Gasteiger partial charge in [0.1, 0.15) is 0 Å². The normalized spacial score (nSPS) is 17.1. The summed E-state index contributed by atoms with van der Waals surface area (Å²) < 4.78 is 5.26. The molecule has 0 aromatic heterocycles. The topological polar surface area (TPSA) is 64.3 Å². The molecule has 0 radical (unpaired) electrons. The SMILES string of the molecule is C=CCOCCCC(=O)NC(CN)C1CCCCC1.Cl. The molecule has 1 aliphatic rings. The summed E-state index contributed by atoms with van der Waals surface area (Å²) in [5, 5.41) is 3.09. The molecule has 0 bridgehead atoms. The van der Waals surface area contributed by atoms with Crippen LogP contribution in [0.3, 0.4) is 0 Å². The zero-order chi connectivity index (χ0) is 13.9. The predicted octanol–water partition coefficient (Wildman–Crippen LogP) is 2.41. The summed E-state index contributed by atoms with van der Waals surface area (Å²) in [5.41, 5.74) is 5.80. The molecular formula is C15H29ClN2O2. The minimum atomic E-state index is 0. The molecule has 0 aromatic carbocycles. The summed E-state index contributed by atoms with van der Waals surface area (Å²) >= 11 is 0. The predicted molar refractivity (Wildman–Crippen MR) is 85.1 cm³/mol. The molecule has 1 saturated carbocycles. The van der Waals surface area contributed by atoms with Gasteiger partial charge < -0.3 is 15.8 Å². The maximum Gasteiger partial charge on any atom is 0.220 e. The fraction of sp³-hybridized carbons (Fsp3) is 0.800. The van der Waals surface area contributed by atoms with Crippen molar-refractivity contribution < 1.29 is 9.53 Å². The van der Waals surface area contributed by atoms with Crippen molar-refractivity contribution in [3.8, 4) is 0 Å². The molecule has 1 aliphatic carbocycles. The third-order valence-corrected chi connectivity index (χ3v) is 3.75. The van der Waals surface area contributed by atoms with Gasteiger partial charge >= 0.3 is 0 Å². The highest BCUT2D eigenvalue weighted by Crippen LogP contribution is 2.26. The molecule has 1 unspecified atom stereocenters. The Bertz CT molecular complexity index is 269. The summed E-state index contributed by atoms with van der Waals surface area (Å²) in [6.07, 6.45) is 9.24. The van der Waals surface area contributed by atoms with E-state index in [2.05, 4.69) is 11.9 Å². The van der Waals surface area contributed by atoms with Gasteiger partial charge in [-0.05, 0) is 25.2 Å². The fourth-order valence-corrected chi connectivity index (χ4v) is 2.69. The molecule has 0 saturated heterocycles. The van der Waals surface area contributed by atoms with Crippen LogP contribution in [0.25, 0.3) is 0 Å². The van der Waals surface area contributed by atoms with Crippen molar-refractivity contribution in [3.05, 3.63) is 12.7 Å². The van der Waals surface area contributed by atoms with E-state index in [9.17, 15) is 4.79 Å². The van der Waals surface area contributed by atoms with Crippen LogP contribution in [-0.4, -0.2) is 31.7 Å². The van der Waals surface area contributed by atoms with E-state index in [4.69, 9.17) is 10.5 Å². The van der Waals surface area contributed by atoms with Crippen LogP contribution in [0, 0.1) is 5.92 Å². The number of hydrogen-bond acceptors (Lipinski definition) is 3. The Kier molecular flexibility index (Phi) is 11.8. The lowest BCUT2D eigenvalue weighted by molar-refractivity contribution is -0.122. The Morgan fingerprint density at radius 1 is 1.40 bits per heavy atom. The lowest BCUT2D eigenvalue weighted by Crippen LogP contribution is -2.45. The second kappa shape index (κ2) is 12.2. The molecule has 20 heavy (non-hydrogen) atoms. The van der Waals surface area contributed by atoms with Gasteiger partial charge in [0.15, 0.2) is 0 Å². The van der Waals surface area contributed by atoms with Crippen LogP contribution in [0.5, 0.6) is 0 Å². The molecule has 1 amide bonds. The Morgan fingerprint density at radius 3 is 2.70 bits per heavy atom. The molecule has 5 heteroatoms. The fourth-order valence-electron chi connectivity index (χ4n) is 2.69. The summed E-state index contributed by atoms with van der Waals surface area (Å²) in [6.45, 7) is 5.28. The number of amides is 1. The van der Waals surface area contributed by atoms with Crippen LogP contribution >= 0.6 is 12.4 Å². The lowest BCUT2D eigenvalue weighted by atomic mass is 9.84. The monoisotopic (exact) mass is 304 g/mol. The molecule has 0 heterocycles. The number of nitrogens with one attached hydrogen (secondary N) is 1. The number of carbonyl (C=O) groups is 1. The van der Waals surface area contributed by atoms with Crippen molar-refractivity contribution in [1.82, 2.24) is 5.32 Å². The van der Waals surface area contributed by atoms with Crippen molar-refractivity contribution in [1.29, 1.82) is 0 Å². The van der Waals surface area contributed by atoms with Crippen LogP contribution in [0.4, 0.5) is 0 Å². The molecule has 1 atom stereocenters. The maximum atomic E-state index is 11.8. The Hall–Kier alpha value is -0.580. The zero-order valence-corrected chi connectivity index (χ0v) is 13.1. The van der Waals surface area contributed by atoms with E-state index >= 15 is 0 Å².